The number of hydrogen-bond donors (Lipinski definition) is 1. The number of ether oxygens (including phenoxy) is 4. The third kappa shape index (κ3) is 4.22. The second-order valence-corrected chi connectivity index (χ2v) is 6.42. The Balaban J connectivity index is 1.35. The van der Waals surface area contributed by atoms with Gasteiger partial charge < -0.3 is 28.8 Å². The van der Waals surface area contributed by atoms with E-state index in [0.29, 0.717) is 34.5 Å². The van der Waals surface area contributed by atoms with Crippen LogP contribution in [0.4, 0.5) is 0 Å². The fraction of sp³-hybridized carbons (Fsp3) is 0.182. The fourth-order valence-electron chi connectivity index (χ4n) is 2.95. The first-order valence-electron chi connectivity index (χ1n) is 9.20. The number of carbonyl (C=O) groups is 1. The van der Waals surface area contributed by atoms with E-state index in [4.69, 9.17) is 23.5 Å². The number of nitrogens with one attached hydrogen (secondary N) is 1. The summed E-state index contributed by atoms with van der Waals surface area (Å²) in [6, 6.07) is 12.7. The summed E-state index contributed by atoms with van der Waals surface area (Å²) in [6.07, 6.45) is 3.15. The van der Waals surface area contributed by atoms with Gasteiger partial charge in [-0.05, 0) is 42.0 Å². The Morgan fingerprint density at radius 1 is 1.07 bits per heavy atom. The molecule has 0 atom stereocenters. The molecule has 1 aliphatic rings. The lowest BCUT2D eigenvalue weighted by Crippen LogP contribution is -2.20. The Morgan fingerprint density at radius 3 is 2.73 bits per heavy atom. The monoisotopic (exact) mass is 408 g/mol. The minimum absolute atomic E-state index is 0.214. The number of rotatable bonds is 7. The number of aromatic nitrogens is 1. The third-order valence-electron chi connectivity index (χ3n) is 4.49. The van der Waals surface area contributed by atoms with Crippen molar-refractivity contribution in [3.05, 3.63) is 59.8 Å². The molecule has 0 saturated heterocycles. The molecule has 154 valence electrons. The van der Waals surface area contributed by atoms with Crippen molar-refractivity contribution in [3.63, 3.8) is 0 Å². The van der Waals surface area contributed by atoms with Crippen molar-refractivity contribution in [2.24, 2.45) is 0 Å². The molecule has 0 spiro atoms. The van der Waals surface area contributed by atoms with Crippen LogP contribution in [0.15, 0.2) is 53.1 Å². The molecule has 0 saturated carbocycles. The smallest absolute Gasteiger partial charge is 0.244 e. The maximum Gasteiger partial charge on any atom is 0.244 e. The third-order valence-corrected chi connectivity index (χ3v) is 4.49. The zero-order valence-corrected chi connectivity index (χ0v) is 16.5. The summed E-state index contributed by atoms with van der Waals surface area (Å²) in [7, 11) is 3.15. The molecule has 1 aromatic heterocycles. The first kappa shape index (κ1) is 19.4. The highest BCUT2D eigenvalue weighted by molar-refractivity contribution is 5.91. The van der Waals surface area contributed by atoms with Gasteiger partial charge in [0.25, 0.3) is 0 Å². The van der Waals surface area contributed by atoms with Crippen LogP contribution in [0, 0.1) is 0 Å². The van der Waals surface area contributed by atoms with Crippen LogP contribution in [0.3, 0.4) is 0 Å². The van der Waals surface area contributed by atoms with Gasteiger partial charge in [0.15, 0.2) is 28.8 Å². The first-order chi connectivity index (χ1) is 14.7. The molecule has 0 unspecified atom stereocenters. The molecule has 0 radical (unpaired) electrons. The maximum absolute atomic E-state index is 12.1. The van der Waals surface area contributed by atoms with Crippen molar-refractivity contribution in [2.45, 2.75) is 6.54 Å². The van der Waals surface area contributed by atoms with Gasteiger partial charge in [-0.2, -0.15) is 0 Å². The number of amides is 1. The Labute approximate surface area is 173 Å². The van der Waals surface area contributed by atoms with Crippen molar-refractivity contribution < 1.29 is 28.3 Å². The van der Waals surface area contributed by atoms with Gasteiger partial charge in [-0.15, -0.1) is 0 Å². The highest BCUT2D eigenvalue weighted by atomic mass is 16.7. The molecular formula is C22H20N2O6. The van der Waals surface area contributed by atoms with Crippen molar-refractivity contribution in [3.8, 4) is 34.3 Å². The van der Waals surface area contributed by atoms with E-state index in [0.717, 1.165) is 11.1 Å². The fourth-order valence-corrected chi connectivity index (χ4v) is 2.95. The lowest BCUT2D eigenvalue weighted by atomic mass is 10.1. The molecule has 4 rings (SSSR count). The van der Waals surface area contributed by atoms with Gasteiger partial charge in [0, 0.05) is 17.7 Å². The molecule has 8 heteroatoms. The van der Waals surface area contributed by atoms with Crippen LogP contribution in [-0.4, -0.2) is 32.1 Å². The molecule has 1 N–H and O–H groups in total. The Hall–Kier alpha value is -3.94. The minimum atomic E-state index is -0.247. The number of nitrogens with zero attached hydrogens (tertiary/aromatic N) is 1. The molecule has 2 aromatic carbocycles. The summed E-state index contributed by atoms with van der Waals surface area (Å²) >= 11 is 0. The van der Waals surface area contributed by atoms with Gasteiger partial charge in [0.2, 0.25) is 12.7 Å². The number of fused-ring (bicyclic) bond motifs is 1. The number of benzene rings is 2. The van der Waals surface area contributed by atoms with Crippen molar-refractivity contribution in [1.29, 1.82) is 0 Å². The van der Waals surface area contributed by atoms with E-state index in [2.05, 4.69) is 10.5 Å². The summed E-state index contributed by atoms with van der Waals surface area (Å²) < 4.78 is 26.5. The van der Waals surface area contributed by atoms with E-state index in [1.807, 2.05) is 24.3 Å². The Bertz CT molecular complexity index is 1090. The molecule has 2 heterocycles. The van der Waals surface area contributed by atoms with E-state index in [9.17, 15) is 4.79 Å². The lowest BCUT2D eigenvalue weighted by molar-refractivity contribution is -0.116. The summed E-state index contributed by atoms with van der Waals surface area (Å²) in [5, 5.41) is 6.78. The van der Waals surface area contributed by atoms with E-state index in [1.165, 1.54) is 6.08 Å². The van der Waals surface area contributed by atoms with Crippen LogP contribution in [0.5, 0.6) is 23.0 Å². The maximum atomic E-state index is 12.1. The normalized spacial score (nSPS) is 12.2. The molecule has 8 nitrogen and oxygen atoms in total. The number of hydrogen-bond acceptors (Lipinski definition) is 7. The van der Waals surface area contributed by atoms with E-state index in [-0.39, 0.29) is 19.2 Å². The van der Waals surface area contributed by atoms with Crippen LogP contribution in [0.2, 0.25) is 0 Å². The van der Waals surface area contributed by atoms with Crippen molar-refractivity contribution >= 4 is 12.0 Å². The molecule has 1 amide bonds. The van der Waals surface area contributed by atoms with Crippen molar-refractivity contribution in [1.82, 2.24) is 10.5 Å². The predicted octanol–water partition coefficient (Wildman–Crippen LogP) is 3.42. The predicted molar refractivity (Wildman–Crippen MR) is 108 cm³/mol. The molecular weight excluding hydrogens is 388 g/mol. The number of carbonyl (C=O) groups excluding carboxylic acids is 1. The lowest BCUT2D eigenvalue weighted by Gasteiger charge is -2.07. The minimum Gasteiger partial charge on any atom is -0.493 e. The number of methoxy groups -OCH3 is 2. The zero-order chi connectivity index (χ0) is 20.9. The van der Waals surface area contributed by atoms with Gasteiger partial charge in [-0.3, -0.25) is 4.79 Å². The van der Waals surface area contributed by atoms with Gasteiger partial charge in [0.05, 0.1) is 20.8 Å². The second-order valence-electron chi connectivity index (χ2n) is 6.42. The molecule has 3 aromatic rings. The van der Waals surface area contributed by atoms with Crippen LogP contribution >= 0.6 is 0 Å². The summed E-state index contributed by atoms with van der Waals surface area (Å²) in [4.78, 5) is 12.1. The second kappa shape index (κ2) is 8.60. The topological polar surface area (TPSA) is 92.1 Å². The van der Waals surface area contributed by atoms with E-state index < -0.39 is 0 Å². The highest BCUT2D eigenvalue weighted by Gasteiger charge is 2.13. The van der Waals surface area contributed by atoms with E-state index in [1.54, 1.807) is 38.5 Å². The molecule has 0 bridgehead atoms. The summed E-state index contributed by atoms with van der Waals surface area (Å²) in [5.74, 6) is 2.91. The van der Waals surface area contributed by atoms with Gasteiger partial charge >= 0.3 is 0 Å². The van der Waals surface area contributed by atoms with Crippen LogP contribution < -0.4 is 24.3 Å². The quantitative estimate of drug-likeness (QED) is 0.599. The molecule has 30 heavy (non-hydrogen) atoms. The molecule has 1 aliphatic heterocycles. The average molecular weight is 408 g/mol. The van der Waals surface area contributed by atoms with Crippen LogP contribution in [0.25, 0.3) is 17.4 Å². The van der Waals surface area contributed by atoms with Crippen LogP contribution in [0.1, 0.15) is 11.3 Å². The van der Waals surface area contributed by atoms with Crippen LogP contribution in [-0.2, 0) is 11.3 Å². The SMILES string of the molecule is COc1ccc(-c2cc(CNC(=O)/C=C\c3ccc4c(c3)OCO4)no2)cc1OC. The van der Waals surface area contributed by atoms with Gasteiger partial charge in [0.1, 0.15) is 5.69 Å². The molecule has 0 aliphatic carbocycles. The highest BCUT2D eigenvalue weighted by Crippen LogP contribution is 2.33. The average Bonchev–Trinajstić information content (AvgIpc) is 3.44. The molecule has 0 fully saturated rings. The largest absolute Gasteiger partial charge is 0.493 e. The Morgan fingerprint density at radius 2 is 1.90 bits per heavy atom. The van der Waals surface area contributed by atoms with E-state index >= 15 is 0 Å². The van der Waals surface area contributed by atoms with Crippen molar-refractivity contribution in [2.75, 3.05) is 21.0 Å². The van der Waals surface area contributed by atoms with Gasteiger partial charge in [-0.25, -0.2) is 0 Å². The zero-order valence-electron chi connectivity index (χ0n) is 16.5. The Kier molecular flexibility index (Phi) is 5.56. The van der Waals surface area contributed by atoms with Gasteiger partial charge in [-0.1, -0.05) is 11.2 Å². The summed E-state index contributed by atoms with van der Waals surface area (Å²) in [6.45, 7) is 0.451. The standard InChI is InChI=1S/C22H20N2O6/c1-26-17-7-5-15(10-20(17)27-2)19-11-16(24-30-19)12-23-22(25)8-4-14-3-6-18-21(9-14)29-13-28-18/h3-11H,12-13H2,1-2H3,(H,23,25)/b8-4-. The first-order valence-corrected chi connectivity index (χ1v) is 9.20. The summed E-state index contributed by atoms with van der Waals surface area (Å²) in [5.41, 5.74) is 2.23.